The lowest BCUT2D eigenvalue weighted by molar-refractivity contribution is 0.0620. The van der Waals surface area contributed by atoms with Crippen LogP contribution in [0.15, 0.2) is 47.4 Å². The quantitative estimate of drug-likeness (QED) is 0.897. The van der Waals surface area contributed by atoms with Crippen LogP contribution in [0.4, 0.5) is 0 Å². The third kappa shape index (κ3) is 3.88. The number of carbonyl (C=O) groups excluding carboxylic acids is 1. The fourth-order valence-electron chi connectivity index (χ4n) is 3.65. The van der Waals surface area contributed by atoms with Gasteiger partial charge >= 0.3 is 0 Å². The normalized spacial score (nSPS) is 17.3. The molecule has 1 saturated heterocycles. The van der Waals surface area contributed by atoms with Gasteiger partial charge < -0.3 is 15.2 Å². The SMILES string of the molecule is Cc1ccn(CCc2ccccc2)c(=O)c1C(=O)N1CCCCC1CN. The molecular weight excluding hydrogens is 326 g/mol. The molecule has 5 heteroatoms. The first-order valence-electron chi connectivity index (χ1n) is 9.37. The van der Waals surface area contributed by atoms with Gasteiger partial charge in [-0.05, 0) is 49.8 Å². The van der Waals surface area contributed by atoms with Gasteiger partial charge in [-0.1, -0.05) is 30.3 Å². The summed E-state index contributed by atoms with van der Waals surface area (Å²) in [5, 5.41) is 0. The number of nitrogens with two attached hydrogens (primary N) is 1. The van der Waals surface area contributed by atoms with Crippen molar-refractivity contribution in [3.05, 3.63) is 69.6 Å². The molecule has 1 amide bonds. The molecule has 1 aromatic heterocycles. The van der Waals surface area contributed by atoms with Gasteiger partial charge in [-0.25, -0.2) is 0 Å². The van der Waals surface area contributed by atoms with Crippen molar-refractivity contribution in [3.8, 4) is 0 Å². The molecule has 1 aromatic carbocycles. The molecule has 2 N–H and O–H groups in total. The van der Waals surface area contributed by atoms with Crippen molar-refractivity contribution in [2.45, 2.75) is 45.2 Å². The second kappa shape index (κ2) is 8.32. The van der Waals surface area contributed by atoms with Crippen molar-refractivity contribution in [3.63, 3.8) is 0 Å². The predicted molar refractivity (Wildman–Crippen MR) is 103 cm³/mol. The smallest absolute Gasteiger partial charge is 0.263 e. The zero-order valence-electron chi connectivity index (χ0n) is 15.4. The molecule has 1 atom stereocenters. The number of likely N-dealkylation sites (tertiary alicyclic amines) is 1. The lowest BCUT2D eigenvalue weighted by Crippen LogP contribution is -2.49. The maximum absolute atomic E-state index is 13.1. The van der Waals surface area contributed by atoms with E-state index >= 15 is 0 Å². The van der Waals surface area contributed by atoms with Crippen molar-refractivity contribution >= 4 is 5.91 Å². The standard InChI is InChI=1S/C21H27N3O2/c1-16-10-13-23(14-11-17-7-3-2-4-8-17)20(25)19(16)21(26)24-12-6-5-9-18(24)15-22/h2-4,7-8,10,13,18H,5-6,9,11-12,14-15,22H2,1H3. The van der Waals surface area contributed by atoms with Gasteiger partial charge in [-0.3, -0.25) is 9.59 Å². The minimum Gasteiger partial charge on any atom is -0.334 e. The first kappa shape index (κ1) is 18.4. The third-order valence-electron chi connectivity index (χ3n) is 5.23. The van der Waals surface area contributed by atoms with Crippen LogP contribution in [0, 0.1) is 6.92 Å². The average Bonchev–Trinajstić information content (AvgIpc) is 2.68. The molecule has 3 rings (SSSR count). The number of benzene rings is 1. The Morgan fingerprint density at radius 3 is 2.69 bits per heavy atom. The van der Waals surface area contributed by atoms with Crippen LogP contribution >= 0.6 is 0 Å². The fraction of sp³-hybridized carbons (Fsp3) is 0.429. The van der Waals surface area contributed by atoms with E-state index in [1.807, 2.05) is 43.3 Å². The number of aromatic nitrogens is 1. The summed E-state index contributed by atoms with van der Waals surface area (Å²) in [7, 11) is 0. The molecule has 2 heterocycles. The van der Waals surface area contributed by atoms with Crippen molar-refractivity contribution in [2.24, 2.45) is 5.73 Å². The third-order valence-corrected chi connectivity index (χ3v) is 5.23. The van der Waals surface area contributed by atoms with Crippen molar-refractivity contribution in [1.29, 1.82) is 0 Å². The number of amides is 1. The Labute approximate surface area is 154 Å². The number of rotatable bonds is 5. The van der Waals surface area contributed by atoms with Crippen LogP contribution in [0.2, 0.25) is 0 Å². The average molecular weight is 353 g/mol. The van der Waals surface area contributed by atoms with Gasteiger partial charge in [0.25, 0.3) is 11.5 Å². The van der Waals surface area contributed by atoms with E-state index < -0.39 is 0 Å². The molecule has 0 saturated carbocycles. The highest BCUT2D eigenvalue weighted by Gasteiger charge is 2.29. The van der Waals surface area contributed by atoms with Crippen LogP contribution in [0.5, 0.6) is 0 Å². The number of pyridine rings is 1. The molecule has 1 fully saturated rings. The van der Waals surface area contributed by atoms with Crippen LogP contribution in [0.25, 0.3) is 0 Å². The van der Waals surface area contributed by atoms with Gasteiger partial charge in [0, 0.05) is 31.9 Å². The molecule has 26 heavy (non-hydrogen) atoms. The minimum atomic E-state index is -0.202. The lowest BCUT2D eigenvalue weighted by atomic mass is 10.00. The number of aryl methyl sites for hydroxylation is 3. The van der Waals surface area contributed by atoms with Gasteiger partial charge in [0.2, 0.25) is 0 Å². The summed E-state index contributed by atoms with van der Waals surface area (Å²) < 4.78 is 1.65. The summed E-state index contributed by atoms with van der Waals surface area (Å²) in [6.45, 7) is 3.51. The van der Waals surface area contributed by atoms with E-state index in [0.717, 1.165) is 31.2 Å². The van der Waals surface area contributed by atoms with E-state index in [1.54, 1.807) is 15.7 Å². The van der Waals surface area contributed by atoms with Crippen LogP contribution < -0.4 is 11.3 Å². The number of carbonyl (C=O) groups is 1. The first-order valence-corrected chi connectivity index (χ1v) is 9.37. The van der Waals surface area contributed by atoms with Gasteiger partial charge in [-0.2, -0.15) is 0 Å². The molecule has 5 nitrogen and oxygen atoms in total. The predicted octanol–water partition coefficient (Wildman–Crippen LogP) is 2.35. The van der Waals surface area contributed by atoms with Crippen molar-refractivity contribution in [1.82, 2.24) is 9.47 Å². The zero-order valence-corrected chi connectivity index (χ0v) is 15.4. The molecule has 1 aliphatic rings. The monoisotopic (exact) mass is 353 g/mol. The van der Waals surface area contributed by atoms with Gasteiger partial charge in [0.15, 0.2) is 0 Å². The largest absolute Gasteiger partial charge is 0.334 e. The molecule has 138 valence electrons. The molecular formula is C21H27N3O2. The Morgan fingerprint density at radius 1 is 1.19 bits per heavy atom. The summed E-state index contributed by atoms with van der Waals surface area (Å²) in [4.78, 5) is 27.9. The Bertz CT molecular complexity index is 814. The van der Waals surface area contributed by atoms with Crippen molar-refractivity contribution in [2.75, 3.05) is 13.1 Å². The van der Waals surface area contributed by atoms with Gasteiger partial charge in [0.05, 0.1) is 0 Å². The Hall–Kier alpha value is -2.40. The maximum Gasteiger partial charge on any atom is 0.263 e. The summed E-state index contributed by atoms with van der Waals surface area (Å²) in [5.41, 5.74) is 7.85. The Morgan fingerprint density at radius 2 is 1.96 bits per heavy atom. The number of piperidine rings is 1. The molecule has 1 unspecified atom stereocenters. The number of nitrogens with zero attached hydrogens (tertiary/aromatic N) is 2. The van der Waals surface area contributed by atoms with E-state index in [2.05, 4.69) is 0 Å². The van der Waals surface area contributed by atoms with E-state index in [0.29, 0.717) is 25.2 Å². The summed E-state index contributed by atoms with van der Waals surface area (Å²) in [6, 6.07) is 12.0. The fourth-order valence-corrected chi connectivity index (χ4v) is 3.65. The molecule has 0 radical (unpaired) electrons. The van der Waals surface area contributed by atoms with Crippen LogP contribution in [0.3, 0.4) is 0 Å². The van der Waals surface area contributed by atoms with E-state index in [9.17, 15) is 9.59 Å². The van der Waals surface area contributed by atoms with E-state index in [4.69, 9.17) is 5.73 Å². The molecule has 0 bridgehead atoms. The molecule has 0 spiro atoms. The van der Waals surface area contributed by atoms with E-state index in [-0.39, 0.29) is 17.5 Å². The lowest BCUT2D eigenvalue weighted by Gasteiger charge is -2.35. The zero-order chi connectivity index (χ0) is 18.5. The number of hydrogen-bond acceptors (Lipinski definition) is 3. The van der Waals surface area contributed by atoms with Crippen LogP contribution in [0.1, 0.15) is 40.7 Å². The Balaban J connectivity index is 1.85. The highest BCUT2D eigenvalue weighted by atomic mass is 16.2. The summed E-state index contributed by atoms with van der Waals surface area (Å²) in [5.74, 6) is -0.170. The summed E-state index contributed by atoms with van der Waals surface area (Å²) in [6.07, 6.45) is 5.51. The van der Waals surface area contributed by atoms with Gasteiger partial charge in [0.1, 0.15) is 5.56 Å². The maximum atomic E-state index is 13.1. The van der Waals surface area contributed by atoms with E-state index in [1.165, 1.54) is 5.56 Å². The first-order chi connectivity index (χ1) is 12.6. The van der Waals surface area contributed by atoms with Crippen LogP contribution in [-0.2, 0) is 13.0 Å². The molecule has 2 aromatic rings. The minimum absolute atomic E-state index is 0.0352. The highest BCUT2D eigenvalue weighted by molar-refractivity contribution is 5.95. The molecule has 0 aliphatic carbocycles. The number of hydrogen-bond donors (Lipinski definition) is 1. The summed E-state index contributed by atoms with van der Waals surface area (Å²) >= 11 is 0. The Kier molecular flexibility index (Phi) is 5.89. The second-order valence-electron chi connectivity index (χ2n) is 6.99. The topological polar surface area (TPSA) is 68.3 Å². The molecule has 1 aliphatic heterocycles. The van der Waals surface area contributed by atoms with Gasteiger partial charge in [-0.15, -0.1) is 0 Å². The van der Waals surface area contributed by atoms with Crippen molar-refractivity contribution < 1.29 is 4.79 Å². The van der Waals surface area contributed by atoms with Crippen LogP contribution in [-0.4, -0.2) is 34.5 Å². The second-order valence-corrected chi connectivity index (χ2v) is 6.99. The highest BCUT2D eigenvalue weighted by Crippen LogP contribution is 2.19.